The van der Waals surface area contributed by atoms with Gasteiger partial charge in [0.1, 0.15) is 0 Å². The molecule has 1 aliphatic rings. The maximum absolute atomic E-state index is 13.4. The summed E-state index contributed by atoms with van der Waals surface area (Å²) in [4.78, 5) is 54.4. The minimum atomic E-state index is -3.25. The molecule has 0 spiro atoms. The summed E-state index contributed by atoms with van der Waals surface area (Å²) in [5, 5.41) is 0.582. The number of aldehydes is 2. The van der Waals surface area contributed by atoms with Crippen molar-refractivity contribution < 1.29 is 23.2 Å². The number of hydrogen-bond donors (Lipinski definition) is 1. The summed E-state index contributed by atoms with van der Waals surface area (Å²) in [6.45, 7) is 8.22. The van der Waals surface area contributed by atoms with Crippen LogP contribution in [0.3, 0.4) is 0 Å². The van der Waals surface area contributed by atoms with E-state index in [-0.39, 0.29) is 10.5 Å². The fourth-order valence-electron chi connectivity index (χ4n) is 4.62. The Morgan fingerprint density at radius 1 is 1.04 bits per heavy atom. The van der Waals surface area contributed by atoms with E-state index >= 15 is 0 Å². The lowest BCUT2D eigenvalue weighted by atomic mass is 10.0. The third-order valence-corrected chi connectivity index (χ3v) is 9.40. The van der Waals surface area contributed by atoms with Gasteiger partial charge in [-0.2, -0.15) is 0 Å². The maximum Gasteiger partial charge on any atom is 0.284 e. The van der Waals surface area contributed by atoms with Gasteiger partial charge in [-0.25, -0.2) is 8.78 Å². The van der Waals surface area contributed by atoms with Crippen LogP contribution in [0.5, 0.6) is 0 Å². The topological polar surface area (TPSA) is 93.8 Å². The smallest absolute Gasteiger partial charge is 0.284 e. The number of amides is 1. The van der Waals surface area contributed by atoms with Crippen molar-refractivity contribution in [1.82, 2.24) is 14.8 Å². The summed E-state index contributed by atoms with van der Waals surface area (Å²) in [5.74, 6) is -3.25. The monoisotopic (exact) mass is 680 g/mol. The lowest BCUT2D eigenvalue weighted by Crippen LogP contribution is -2.31. The molecule has 0 radical (unpaired) electrons. The number of carbonyl (C=O) groups is 3. The number of fused-ring (bicyclic) bond motifs is 1. The zero-order valence-corrected chi connectivity index (χ0v) is 28.0. The number of H-pyrrole nitrogens is 1. The van der Waals surface area contributed by atoms with Gasteiger partial charge in [-0.1, -0.05) is 41.0 Å². The van der Waals surface area contributed by atoms with Crippen molar-refractivity contribution in [2.45, 2.75) is 62.0 Å². The number of hydrogen-bond acceptors (Lipinski definition) is 7. The third-order valence-electron chi connectivity index (χ3n) is 7.34. The van der Waals surface area contributed by atoms with E-state index in [1.807, 2.05) is 17.1 Å². The molecule has 0 unspecified atom stereocenters. The van der Waals surface area contributed by atoms with E-state index in [1.54, 1.807) is 23.1 Å². The van der Waals surface area contributed by atoms with Gasteiger partial charge in [0.25, 0.3) is 11.5 Å². The van der Waals surface area contributed by atoms with Gasteiger partial charge in [0.05, 0.1) is 27.0 Å². The number of nitrogens with one attached hydrogen (secondary N) is 1. The van der Waals surface area contributed by atoms with Gasteiger partial charge in [0.15, 0.2) is 12.6 Å². The Morgan fingerprint density at radius 3 is 2.20 bits per heavy atom. The highest BCUT2D eigenvalue weighted by Crippen LogP contribution is 2.40. The predicted octanol–water partition coefficient (Wildman–Crippen LogP) is 6.89. The molecule has 0 saturated heterocycles. The zero-order chi connectivity index (χ0) is 33.5. The molecule has 1 N–H and O–H groups in total. The van der Waals surface area contributed by atoms with Crippen LogP contribution in [0.2, 0.25) is 10.0 Å². The number of aromatic nitrogens is 1. The number of alkyl halides is 2. The van der Waals surface area contributed by atoms with Crippen LogP contribution >= 0.6 is 35.0 Å². The maximum atomic E-state index is 13.4. The summed E-state index contributed by atoms with van der Waals surface area (Å²) < 4.78 is 26.9. The number of nitrogens with zero attached hydrogens (tertiary/aromatic N) is 3. The number of rotatable bonds is 12. The molecule has 0 atom stereocenters. The largest absolute Gasteiger partial charge is 0.320 e. The van der Waals surface area contributed by atoms with E-state index in [4.69, 9.17) is 23.2 Å². The molecule has 1 aliphatic heterocycles. The molecule has 2 heterocycles. The van der Waals surface area contributed by atoms with Gasteiger partial charge in [-0.05, 0) is 82.4 Å². The van der Waals surface area contributed by atoms with Crippen LogP contribution in [-0.4, -0.2) is 67.0 Å². The SMILES string of the molecule is CC(C)N(C)CCCN(C=O)c1cc2c(cc1C=O)CN(C)C2.CC(F)(F)c1cc(Sc2c(Cl)cccc2Cl)c(C=O)c(=O)[nH]1. The van der Waals surface area contributed by atoms with Crippen LogP contribution in [0.4, 0.5) is 14.5 Å². The summed E-state index contributed by atoms with van der Waals surface area (Å²) in [5.41, 5.74) is 1.99. The molecular formula is C32H36Cl2F2N4O4S. The number of aromatic amines is 1. The van der Waals surface area contributed by atoms with Crippen molar-refractivity contribution in [1.29, 1.82) is 0 Å². The second-order valence-corrected chi connectivity index (χ2v) is 13.0. The third kappa shape index (κ3) is 9.46. The molecule has 242 valence electrons. The van der Waals surface area contributed by atoms with Gasteiger partial charge in [0, 0.05) is 48.0 Å². The average molecular weight is 682 g/mol. The van der Waals surface area contributed by atoms with Crippen molar-refractivity contribution in [3.8, 4) is 0 Å². The van der Waals surface area contributed by atoms with Crippen molar-refractivity contribution >= 4 is 59.6 Å². The molecule has 0 bridgehead atoms. The summed E-state index contributed by atoms with van der Waals surface area (Å²) in [7, 11) is 4.14. The van der Waals surface area contributed by atoms with Gasteiger partial charge in [0.2, 0.25) is 6.41 Å². The van der Waals surface area contributed by atoms with E-state index in [0.29, 0.717) is 46.3 Å². The molecule has 4 rings (SSSR count). The van der Waals surface area contributed by atoms with Crippen LogP contribution in [0.1, 0.15) is 64.7 Å². The molecule has 0 fully saturated rings. The van der Waals surface area contributed by atoms with Crippen LogP contribution in [-0.2, 0) is 23.8 Å². The summed E-state index contributed by atoms with van der Waals surface area (Å²) in [6, 6.07) is 10.2. The number of benzene rings is 2. The lowest BCUT2D eigenvalue weighted by Gasteiger charge is -2.24. The standard InChI is InChI=1S/C18H27N3O2.C14H9Cl2F2NO2S/c1-14(2)20(4)6-5-7-21(13-23)18-9-16-11-19(3)10-15(16)8-17(18)12-22;1-14(17,18)11-5-10(7(6-20)13(21)19-11)22-12-8(15)3-2-4-9(12)16/h8-9,12-14H,5-7,10-11H2,1-4H3;2-6H,1H3,(H,19,21). The highest BCUT2D eigenvalue weighted by atomic mass is 35.5. The molecule has 45 heavy (non-hydrogen) atoms. The van der Waals surface area contributed by atoms with E-state index < -0.39 is 17.2 Å². The average Bonchev–Trinajstić information content (AvgIpc) is 3.35. The van der Waals surface area contributed by atoms with E-state index in [1.165, 1.54) is 11.1 Å². The Kier molecular flexibility index (Phi) is 12.9. The van der Waals surface area contributed by atoms with Gasteiger partial charge < -0.3 is 14.8 Å². The molecule has 1 aromatic heterocycles. The van der Waals surface area contributed by atoms with Gasteiger partial charge in [-0.15, -0.1) is 0 Å². The minimum Gasteiger partial charge on any atom is -0.320 e. The predicted molar refractivity (Wildman–Crippen MR) is 175 cm³/mol. The van der Waals surface area contributed by atoms with Crippen LogP contribution in [0, 0.1) is 0 Å². The quantitative estimate of drug-likeness (QED) is 0.208. The highest BCUT2D eigenvalue weighted by molar-refractivity contribution is 7.99. The van der Waals surface area contributed by atoms with Crippen molar-refractivity contribution in [2.24, 2.45) is 0 Å². The fourth-order valence-corrected chi connectivity index (χ4v) is 6.23. The first kappa shape index (κ1) is 36.4. The van der Waals surface area contributed by atoms with Crippen molar-refractivity contribution in [3.05, 3.63) is 84.7 Å². The molecule has 2 aromatic carbocycles. The number of halogens is 4. The zero-order valence-electron chi connectivity index (χ0n) is 25.7. The lowest BCUT2D eigenvalue weighted by molar-refractivity contribution is -0.107. The Bertz CT molecular complexity index is 1580. The first-order valence-corrected chi connectivity index (χ1v) is 15.7. The molecule has 8 nitrogen and oxygen atoms in total. The molecule has 0 aliphatic carbocycles. The number of pyridine rings is 1. The van der Waals surface area contributed by atoms with Gasteiger partial charge in [-0.3, -0.25) is 24.1 Å². The number of carbonyl (C=O) groups excluding carboxylic acids is 3. The fraction of sp³-hybridized carbons (Fsp3) is 0.375. The Balaban J connectivity index is 0.000000246. The van der Waals surface area contributed by atoms with Crippen molar-refractivity contribution in [3.63, 3.8) is 0 Å². The van der Waals surface area contributed by atoms with E-state index in [9.17, 15) is 28.0 Å². The highest BCUT2D eigenvalue weighted by Gasteiger charge is 2.28. The van der Waals surface area contributed by atoms with E-state index in [0.717, 1.165) is 62.3 Å². The van der Waals surface area contributed by atoms with Crippen LogP contribution in [0.15, 0.2) is 51.0 Å². The second kappa shape index (κ2) is 16.0. The first-order chi connectivity index (χ1) is 21.2. The van der Waals surface area contributed by atoms with E-state index in [2.05, 4.69) is 37.7 Å². The summed E-state index contributed by atoms with van der Waals surface area (Å²) >= 11 is 12.9. The van der Waals surface area contributed by atoms with Crippen LogP contribution in [0.25, 0.3) is 0 Å². The van der Waals surface area contributed by atoms with Crippen molar-refractivity contribution in [2.75, 3.05) is 32.1 Å². The Labute approximate surface area is 275 Å². The first-order valence-electron chi connectivity index (χ1n) is 14.1. The second-order valence-electron chi connectivity index (χ2n) is 11.1. The van der Waals surface area contributed by atoms with Gasteiger partial charge >= 0.3 is 0 Å². The Morgan fingerprint density at radius 2 is 1.67 bits per heavy atom. The molecule has 3 aromatic rings. The summed E-state index contributed by atoms with van der Waals surface area (Å²) in [6.07, 6.45) is 2.87. The Hall–Kier alpha value is -3.09. The van der Waals surface area contributed by atoms with Crippen LogP contribution < -0.4 is 10.5 Å². The molecule has 1 amide bonds. The normalized spacial score (nSPS) is 13.0. The minimum absolute atomic E-state index is 0.0604. The molecular weight excluding hydrogens is 645 g/mol. The molecule has 0 saturated carbocycles. The molecule has 13 heteroatoms. The number of anilines is 1.